The summed E-state index contributed by atoms with van der Waals surface area (Å²) in [7, 11) is 0. The summed E-state index contributed by atoms with van der Waals surface area (Å²) in [6, 6.07) is 0. The van der Waals surface area contributed by atoms with E-state index in [0.29, 0.717) is 6.20 Å². The van der Waals surface area contributed by atoms with Gasteiger partial charge in [-0.25, -0.2) is 10.2 Å². The average Bonchev–Trinajstić information content (AvgIpc) is 2.07. The van der Waals surface area contributed by atoms with E-state index < -0.39 is 23.7 Å². The highest BCUT2D eigenvalue weighted by Crippen LogP contribution is 2.15. The zero-order chi connectivity index (χ0) is 13.7. The summed E-state index contributed by atoms with van der Waals surface area (Å²) < 4.78 is 39.9. The van der Waals surface area contributed by atoms with Crippen LogP contribution >= 0.6 is 0 Å². The predicted molar refractivity (Wildman–Crippen MR) is 52.7 cm³/mol. The molecule has 2 N–H and O–H groups in total. The highest BCUT2D eigenvalue weighted by atomic mass is 19.4. The summed E-state index contributed by atoms with van der Waals surface area (Å²) >= 11 is 0. The number of carbonyl (C=O) groups is 2. The minimum atomic E-state index is -4.93. The highest BCUT2D eigenvalue weighted by Gasteiger charge is 2.36. The summed E-state index contributed by atoms with van der Waals surface area (Å²) in [5.74, 6) is -2.03. The van der Waals surface area contributed by atoms with Gasteiger partial charge in [-0.15, -0.1) is 0 Å². The Kier molecular flexibility index (Phi) is 4.99. The van der Waals surface area contributed by atoms with Crippen LogP contribution in [-0.2, 0) is 9.53 Å². The molecule has 0 spiro atoms. The number of ether oxygens (including phenoxy) is 1. The largest absolute Gasteiger partial charge is 0.454 e. The Labute approximate surface area is 96.0 Å². The van der Waals surface area contributed by atoms with E-state index in [9.17, 15) is 22.8 Å². The third-order valence-corrected chi connectivity index (χ3v) is 1.17. The lowest BCUT2D eigenvalue weighted by molar-refractivity contribution is -0.165. The van der Waals surface area contributed by atoms with Crippen LogP contribution < -0.4 is 10.9 Å². The number of carbonyl (C=O) groups excluding carboxylic acids is 2. The van der Waals surface area contributed by atoms with Crippen LogP contribution in [0.25, 0.3) is 0 Å². The number of allylic oxidation sites excluding steroid dienone is 1. The summed E-state index contributed by atoms with van der Waals surface area (Å²) in [6.45, 7) is 4.86. The molecule has 0 heterocycles. The normalized spacial score (nSPS) is 12.4. The molecule has 0 rings (SSSR count). The average molecular weight is 254 g/mol. The standard InChI is InChI=1S/C9H13F3N2O3/c1-8(2,3)17-7(16)14-13-5-4-6(15)9(10,11)12/h4-5,13H,1-3H3,(H,14,16)/b5-4+. The van der Waals surface area contributed by atoms with Crippen molar-refractivity contribution in [1.29, 1.82) is 0 Å². The van der Waals surface area contributed by atoms with E-state index in [1.165, 1.54) is 0 Å². The molecule has 0 saturated heterocycles. The molecule has 0 aliphatic carbocycles. The molecule has 0 fully saturated rings. The minimum absolute atomic E-state index is 0.247. The number of hydrogen-bond donors (Lipinski definition) is 2. The Morgan fingerprint density at radius 2 is 1.71 bits per heavy atom. The molecule has 0 aromatic heterocycles. The van der Waals surface area contributed by atoms with Crippen LogP contribution in [-0.4, -0.2) is 23.7 Å². The quantitative estimate of drug-likeness (QED) is 0.593. The molecule has 0 radical (unpaired) electrons. The van der Waals surface area contributed by atoms with E-state index in [4.69, 9.17) is 4.74 Å². The molecule has 0 aliphatic rings. The van der Waals surface area contributed by atoms with Gasteiger partial charge < -0.3 is 10.2 Å². The topological polar surface area (TPSA) is 67.4 Å². The number of amides is 1. The van der Waals surface area contributed by atoms with Crippen molar-refractivity contribution in [3.63, 3.8) is 0 Å². The number of halogens is 3. The molecular weight excluding hydrogens is 241 g/mol. The van der Waals surface area contributed by atoms with E-state index in [0.717, 1.165) is 0 Å². The fourth-order valence-corrected chi connectivity index (χ4v) is 0.616. The summed E-state index contributed by atoms with van der Waals surface area (Å²) in [5.41, 5.74) is 3.19. The van der Waals surface area contributed by atoms with Crippen LogP contribution in [0.2, 0.25) is 0 Å². The monoisotopic (exact) mass is 254 g/mol. The van der Waals surface area contributed by atoms with Gasteiger partial charge in [-0.3, -0.25) is 4.79 Å². The third kappa shape index (κ3) is 8.12. The second kappa shape index (κ2) is 5.55. The highest BCUT2D eigenvalue weighted by molar-refractivity contribution is 5.94. The van der Waals surface area contributed by atoms with Crippen LogP contribution in [0.15, 0.2) is 12.3 Å². The van der Waals surface area contributed by atoms with Crippen molar-refractivity contribution in [2.75, 3.05) is 0 Å². The van der Waals surface area contributed by atoms with Crippen LogP contribution in [0.1, 0.15) is 20.8 Å². The van der Waals surface area contributed by atoms with Crippen molar-refractivity contribution in [1.82, 2.24) is 10.9 Å². The van der Waals surface area contributed by atoms with Crippen molar-refractivity contribution >= 4 is 11.9 Å². The molecule has 0 bridgehead atoms. The van der Waals surface area contributed by atoms with E-state index >= 15 is 0 Å². The van der Waals surface area contributed by atoms with Crippen LogP contribution in [0.5, 0.6) is 0 Å². The van der Waals surface area contributed by atoms with Gasteiger partial charge in [-0.05, 0) is 20.8 Å². The number of hydrogen-bond acceptors (Lipinski definition) is 4. The zero-order valence-corrected chi connectivity index (χ0v) is 9.51. The number of nitrogens with one attached hydrogen (secondary N) is 2. The third-order valence-electron chi connectivity index (χ3n) is 1.17. The maximum Gasteiger partial charge on any atom is 0.454 e. The first-order chi connectivity index (χ1) is 7.52. The van der Waals surface area contributed by atoms with Gasteiger partial charge in [-0.2, -0.15) is 13.2 Å². The number of alkyl halides is 3. The molecule has 98 valence electrons. The van der Waals surface area contributed by atoms with Crippen molar-refractivity contribution < 1.29 is 27.5 Å². The second-order valence-corrected chi connectivity index (χ2v) is 3.97. The lowest BCUT2D eigenvalue weighted by Gasteiger charge is -2.19. The van der Waals surface area contributed by atoms with Crippen molar-refractivity contribution in [2.45, 2.75) is 32.5 Å². The molecule has 17 heavy (non-hydrogen) atoms. The van der Waals surface area contributed by atoms with Gasteiger partial charge in [0.25, 0.3) is 5.78 Å². The first kappa shape index (κ1) is 15.3. The Balaban J connectivity index is 3.97. The molecule has 0 aromatic carbocycles. The molecule has 0 atom stereocenters. The molecule has 8 heteroatoms. The first-order valence-corrected chi connectivity index (χ1v) is 4.54. The maximum atomic E-state index is 11.7. The summed E-state index contributed by atoms with van der Waals surface area (Å²) in [4.78, 5) is 21.3. The Hall–Kier alpha value is -1.73. The number of ketones is 1. The fourth-order valence-electron chi connectivity index (χ4n) is 0.616. The van der Waals surface area contributed by atoms with Gasteiger partial charge in [0, 0.05) is 12.3 Å². The van der Waals surface area contributed by atoms with E-state index in [2.05, 4.69) is 0 Å². The van der Waals surface area contributed by atoms with Gasteiger partial charge in [0.1, 0.15) is 5.60 Å². The number of rotatable bonds is 3. The summed E-state index contributed by atoms with van der Waals surface area (Å²) in [6.07, 6.45) is -4.90. The predicted octanol–water partition coefficient (Wildman–Crippen LogP) is 1.66. The van der Waals surface area contributed by atoms with Gasteiger partial charge in [0.05, 0.1) is 0 Å². The van der Waals surface area contributed by atoms with Crippen molar-refractivity contribution in [2.24, 2.45) is 0 Å². The number of hydrazine groups is 1. The van der Waals surface area contributed by atoms with Gasteiger partial charge >= 0.3 is 12.3 Å². The maximum absolute atomic E-state index is 11.7. The lowest BCUT2D eigenvalue weighted by atomic mass is 10.2. The SMILES string of the molecule is CC(C)(C)OC(=O)NN/C=C/C(=O)C(F)(F)F. The molecule has 0 aliphatic heterocycles. The van der Waals surface area contributed by atoms with E-state index in [-0.39, 0.29) is 6.08 Å². The zero-order valence-electron chi connectivity index (χ0n) is 9.51. The van der Waals surface area contributed by atoms with E-state index in [1.54, 1.807) is 20.8 Å². The van der Waals surface area contributed by atoms with Crippen LogP contribution in [0.4, 0.5) is 18.0 Å². The molecular formula is C9H13F3N2O3. The van der Waals surface area contributed by atoms with Crippen molar-refractivity contribution in [3.05, 3.63) is 12.3 Å². The minimum Gasteiger partial charge on any atom is -0.443 e. The lowest BCUT2D eigenvalue weighted by Crippen LogP contribution is -2.38. The van der Waals surface area contributed by atoms with Crippen molar-refractivity contribution in [3.8, 4) is 0 Å². The molecule has 1 amide bonds. The molecule has 0 unspecified atom stereocenters. The fraction of sp³-hybridized carbons (Fsp3) is 0.556. The smallest absolute Gasteiger partial charge is 0.443 e. The molecule has 0 saturated carbocycles. The van der Waals surface area contributed by atoms with Gasteiger partial charge in [0.2, 0.25) is 0 Å². The van der Waals surface area contributed by atoms with Crippen LogP contribution in [0, 0.1) is 0 Å². The Bertz CT molecular complexity index is 318. The van der Waals surface area contributed by atoms with E-state index in [1.807, 2.05) is 10.9 Å². The molecule has 5 nitrogen and oxygen atoms in total. The Morgan fingerprint density at radius 3 is 2.12 bits per heavy atom. The van der Waals surface area contributed by atoms with Gasteiger partial charge in [-0.1, -0.05) is 0 Å². The molecule has 0 aromatic rings. The first-order valence-electron chi connectivity index (χ1n) is 4.54. The van der Waals surface area contributed by atoms with Gasteiger partial charge in [0.15, 0.2) is 0 Å². The Morgan fingerprint density at radius 1 is 1.18 bits per heavy atom. The second-order valence-electron chi connectivity index (χ2n) is 3.97. The summed E-state index contributed by atoms with van der Waals surface area (Å²) in [5, 5.41) is 0. The van der Waals surface area contributed by atoms with Crippen LogP contribution in [0.3, 0.4) is 0 Å².